The molecule has 0 aliphatic rings. The minimum absolute atomic E-state index is 0.938. The molecule has 0 atom stereocenters. The third-order valence-electron chi connectivity index (χ3n) is 3.39. The lowest BCUT2D eigenvalue weighted by Crippen LogP contribution is -1.91. The Bertz CT molecular complexity index is 910. The van der Waals surface area contributed by atoms with Crippen LogP contribution in [0.3, 0.4) is 0 Å². The average Bonchev–Trinajstić information content (AvgIpc) is 2.92. The Morgan fingerprint density at radius 3 is 2.55 bits per heavy atom. The fourth-order valence-corrected chi connectivity index (χ4v) is 2.67. The number of para-hydroxylation sites is 1. The molecule has 0 unspecified atom stereocenters. The van der Waals surface area contributed by atoms with Crippen LogP contribution in [0, 0.1) is 0 Å². The Kier molecular flexibility index (Phi) is 2.57. The number of aromatic nitrogens is 3. The van der Waals surface area contributed by atoms with Crippen LogP contribution in [0.25, 0.3) is 27.8 Å². The summed E-state index contributed by atoms with van der Waals surface area (Å²) in [7, 11) is 0. The lowest BCUT2D eigenvalue weighted by molar-refractivity contribution is 1.12. The minimum Gasteiger partial charge on any atom is -0.282 e. The molecule has 0 aliphatic carbocycles. The van der Waals surface area contributed by atoms with Crippen molar-refractivity contribution in [3.8, 4) is 11.3 Å². The van der Waals surface area contributed by atoms with Crippen LogP contribution in [0.2, 0.25) is 0 Å². The van der Waals surface area contributed by atoms with Crippen LogP contribution in [0.1, 0.15) is 0 Å². The Labute approximate surface area is 124 Å². The second-order valence-electron chi connectivity index (χ2n) is 4.61. The molecule has 96 valence electrons. The van der Waals surface area contributed by atoms with Crippen molar-refractivity contribution in [1.29, 1.82) is 0 Å². The lowest BCUT2D eigenvalue weighted by Gasteiger charge is -2.03. The normalized spacial score (nSPS) is 11.2. The van der Waals surface area contributed by atoms with Gasteiger partial charge in [-0.15, -0.1) is 0 Å². The second-order valence-corrected chi connectivity index (χ2v) is 5.52. The molecule has 0 aliphatic heterocycles. The Morgan fingerprint density at radius 1 is 0.900 bits per heavy atom. The first kappa shape index (κ1) is 11.6. The van der Waals surface area contributed by atoms with Gasteiger partial charge in [-0.3, -0.25) is 4.40 Å². The topological polar surface area (TPSA) is 30.2 Å². The van der Waals surface area contributed by atoms with Crippen molar-refractivity contribution >= 4 is 32.5 Å². The van der Waals surface area contributed by atoms with Gasteiger partial charge in [0.1, 0.15) is 12.0 Å². The number of imidazole rings is 1. The molecular weight excluding hydrogens is 314 g/mol. The van der Waals surface area contributed by atoms with E-state index in [2.05, 4.69) is 44.1 Å². The highest BCUT2D eigenvalue weighted by Crippen LogP contribution is 2.25. The van der Waals surface area contributed by atoms with E-state index in [4.69, 9.17) is 0 Å². The van der Waals surface area contributed by atoms with Gasteiger partial charge in [-0.2, -0.15) is 0 Å². The summed E-state index contributed by atoms with van der Waals surface area (Å²) >= 11 is 3.46. The molecule has 20 heavy (non-hydrogen) atoms. The zero-order valence-electron chi connectivity index (χ0n) is 10.5. The van der Waals surface area contributed by atoms with Crippen LogP contribution in [0.5, 0.6) is 0 Å². The summed E-state index contributed by atoms with van der Waals surface area (Å²) in [6.07, 6.45) is 3.73. The molecule has 4 rings (SSSR count). The van der Waals surface area contributed by atoms with Crippen LogP contribution in [0.15, 0.2) is 65.5 Å². The summed E-state index contributed by atoms with van der Waals surface area (Å²) in [5.41, 5.74) is 4.07. The largest absolute Gasteiger partial charge is 0.282 e. The molecule has 0 spiro atoms. The van der Waals surface area contributed by atoms with Crippen molar-refractivity contribution in [3.05, 3.63) is 65.5 Å². The van der Waals surface area contributed by atoms with Gasteiger partial charge in [-0.25, -0.2) is 9.97 Å². The molecule has 2 heterocycles. The van der Waals surface area contributed by atoms with Gasteiger partial charge in [-0.1, -0.05) is 40.2 Å². The van der Waals surface area contributed by atoms with E-state index in [1.165, 1.54) is 0 Å². The van der Waals surface area contributed by atoms with Gasteiger partial charge < -0.3 is 0 Å². The summed E-state index contributed by atoms with van der Waals surface area (Å²) in [4.78, 5) is 9.06. The first-order chi connectivity index (χ1) is 9.83. The van der Waals surface area contributed by atoms with Gasteiger partial charge >= 0.3 is 0 Å². The number of rotatable bonds is 1. The fourth-order valence-electron chi connectivity index (χ4n) is 2.41. The van der Waals surface area contributed by atoms with E-state index in [0.29, 0.717) is 0 Å². The molecule has 3 nitrogen and oxygen atoms in total. The van der Waals surface area contributed by atoms with Crippen LogP contribution < -0.4 is 0 Å². The standard InChI is InChI=1S/C16H10BrN3/c17-12-7-5-11(6-8-12)15-9-18-16-13-3-1-2-4-14(13)19-10-20(15)16/h1-10H. The van der Waals surface area contributed by atoms with Crippen LogP contribution in [-0.4, -0.2) is 14.4 Å². The number of halogens is 1. The quantitative estimate of drug-likeness (QED) is 0.522. The Balaban J connectivity index is 2.02. The number of nitrogens with zero attached hydrogens (tertiary/aromatic N) is 3. The van der Waals surface area contributed by atoms with Crippen molar-refractivity contribution < 1.29 is 0 Å². The zero-order valence-corrected chi connectivity index (χ0v) is 12.1. The van der Waals surface area contributed by atoms with E-state index < -0.39 is 0 Å². The van der Waals surface area contributed by atoms with Gasteiger partial charge in [0.2, 0.25) is 0 Å². The van der Waals surface area contributed by atoms with Crippen molar-refractivity contribution in [2.75, 3.05) is 0 Å². The third kappa shape index (κ3) is 1.72. The van der Waals surface area contributed by atoms with E-state index in [1.807, 2.05) is 47.3 Å². The predicted molar refractivity (Wildman–Crippen MR) is 83.6 cm³/mol. The predicted octanol–water partition coefficient (Wildman–Crippen LogP) is 4.31. The monoisotopic (exact) mass is 323 g/mol. The highest BCUT2D eigenvalue weighted by atomic mass is 79.9. The number of fused-ring (bicyclic) bond motifs is 3. The second kappa shape index (κ2) is 4.42. The summed E-state index contributed by atoms with van der Waals surface area (Å²) in [6.45, 7) is 0. The van der Waals surface area contributed by atoms with E-state index in [9.17, 15) is 0 Å². The smallest absolute Gasteiger partial charge is 0.147 e. The van der Waals surface area contributed by atoms with Crippen molar-refractivity contribution in [3.63, 3.8) is 0 Å². The van der Waals surface area contributed by atoms with E-state index in [-0.39, 0.29) is 0 Å². The summed E-state index contributed by atoms with van der Waals surface area (Å²) in [6, 6.07) is 16.3. The van der Waals surface area contributed by atoms with Crippen molar-refractivity contribution in [2.45, 2.75) is 0 Å². The summed E-state index contributed by atoms with van der Waals surface area (Å²) in [5, 5.41) is 1.07. The third-order valence-corrected chi connectivity index (χ3v) is 3.92. The Hall–Kier alpha value is -2.20. The maximum absolute atomic E-state index is 4.56. The van der Waals surface area contributed by atoms with Crippen LogP contribution in [0.4, 0.5) is 0 Å². The molecule has 0 saturated heterocycles. The maximum Gasteiger partial charge on any atom is 0.147 e. The fraction of sp³-hybridized carbons (Fsp3) is 0. The molecule has 2 aromatic carbocycles. The van der Waals surface area contributed by atoms with Gasteiger partial charge in [-0.05, 0) is 24.3 Å². The van der Waals surface area contributed by atoms with Crippen LogP contribution >= 0.6 is 15.9 Å². The number of benzene rings is 2. The zero-order chi connectivity index (χ0) is 13.5. The summed E-state index contributed by atoms with van der Waals surface area (Å²) in [5.74, 6) is 0. The van der Waals surface area contributed by atoms with E-state index >= 15 is 0 Å². The van der Waals surface area contributed by atoms with Crippen molar-refractivity contribution in [1.82, 2.24) is 14.4 Å². The van der Waals surface area contributed by atoms with Gasteiger partial charge in [0.05, 0.1) is 17.4 Å². The highest BCUT2D eigenvalue weighted by Gasteiger charge is 2.08. The molecule has 4 heteroatoms. The molecular formula is C16H10BrN3. The highest BCUT2D eigenvalue weighted by molar-refractivity contribution is 9.10. The molecule has 4 aromatic rings. The first-order valence-corrected chi connectivity index (χ1v) is 7.09. The number of hydrogen-bond acceptors (Lipinski definition) is 2. The van der Waals surface area contributed by atoms with Crippen molar-refractivity contribution in [2.24, 2.45) is 0 Å². The molecule has 0 radical (unpaired) electrons. The molecule has 0 amide bonds. The van der Waals surface area contributed by atoms with E-state index in [0.717, 1.165) is 32.3 Å². The maximum atomic E-state index is 4.56. The summed E-state index contributed by atoms with van der Waals surface area (Å²) < 4.78 is 3.10. The van der Waals surface area contributed by atoms with Crippen LogP contribution in [-0.2, 0) is 0 Å². The SMILES string of the molecule is Brc1ccc(-c2cnc3c4ccccc4ncn23)cc1. The molecule has 2 aromatic heterocycles. The number of hydrogen-bond donors (Lipinski definition) is 0. The Morgan fingerprint density at radius 2 is 1.70 bits per heavy atom. The van der Waals surface area contributed by atoms with E-state index in [1.54, 1.807) is 0 Å². The molecule has 0 N–H and O–H groups in total. The molecule has 0 saturated carbocycles. The van der Waals surface area contributed by atoms with Gasteiger partial charge in [0, 0.05) is 15.4 Å². The molecule has 0 bridgehead atoms. The lowest BCUT2D eigenvalue weighted by atomic mass is 10.2. The van der Waals surface area contributed by atoms with Gasteiger partial charge in [0.25, 0.3) is 0 Å². The average molecular weight is 324 g/mol. The molecule has 0 fully saturated rings. The van der Waals surface area contributed by atoms with Gasteiger partial charge in [0.15, 0.2) is 0 Å². The first-order valence-electron chi connectivity index (χ1n) is 6.30. The minimum atomic E-state index is 0.938.